The fourth-order valence-electron chi connectivity index (χ4n) is 3.15. The van der Waals surface area contributed by atoms with Crippen molar-refractivity contribution in [1.82, 2.24) is 4.31 Å². The Balaban J connectivity index is 2.11. The molecule has 1 aliphatic rings. The van der Waals surface area contributed by atoms with Gasteiger partial charge in [-0.2, -0.15) is 4.31 Å². The second kappa shape index (κ2) is 9.23. The molecule has 0 bridgehead atoms. The van der Waals surface area contributed by atoms with Gasteiger partial charge in [-0.25, -0.2) is 8.42 Å². The van der Waals surface area contributed by atoms with E-state index in [0.717, 1.165) is 22.1 Å². The molecule has 6 N–H and O–H groups in total. The van der Waals surface area contributed by atoms with Crippen molar-refractivity contribution in [3.8, 4) is 5.75 Å². The predicted octanol–water partition coefficient (Wildman–Crippen LogP) is -0.385. The Hall–Kier alpha value is -1.98. The Morgan fingerprint density at radius 2 is 1.86 bits per heavy atom. The number of primary amides is 1. The van der Waals surface area contributed by atoms with Gasteiger partial charge in [-0.15, -0.1) is 0 Å². The smallest absolute Gasteiger partial charge is 0.237 e. The Kier molecular flexibility index (Phi) is 7.41. The van der Waals surface area contributed by atoms with Gasteiger partial charge in [0.1, 0.15) is 18.5 Å². The van der Waals surface area contributed by atoms with Gasteiger partial charge in [0.05, 0.1) is 12.1 Å². The van der Waals surface area contributed by atoms with Crippen LogP contribution in [0.2, 0.25) is 0 Å². The fraction of sp³-hybridized carbons (Fsp3) is 0.526. The maximum Gasteiger partial charge on any atom is 0.237 e. The van der Waals surface area contributed by atoms with Crippen LogP contribution in [0.4, 0.5) is 0 Å². The fourth-order valence-corrected chi connectivity index (χ4v) is 4.32. The average molecular weight is 428 g/mol. The van der Waals surface area contributed by atoms with Gasteiger partial charge in [-0.05, 0) is 61.6 Å². The van der Waals surface area contributed by atoms with Crippen LogP contribution in [0, 0.1) is 13.8 Å². The summed E-state index contributed by atoms with van der Waals surface area (Å²) < 4.78 is 32.0. The Bertz CT molecular complexity index is 853. The van der Waals surface area contributed by atoms with Gasteiger partial charge in [0, 0.05) is 18.5 Å². The number of sulfonamides is 1. The number of nitrogens with two attached hydrogens (primary N) is 2. The lowest BCUT2D eigenvalue weighted by Gasteiger charge is -2.35. The molecular weight excluding hydrogens is 398 g/mol. The van der Waals surface area contributed by atoms with Gasteiger partial charge in [-0.3, -0.25) is 4.79 Å². The summed E-state index contributed by atoms with van der Waals surface area (Å²) in [6, 6.07) is 3.47. The van der Waals surface area contributed by atoms with E-state index >= 15 is 0 Å². The largest absolute Gasteiger partial charge is 0.491 e. The maximum absolute atomic E-state index is 12.6. The lowest BCUT2D eigenvalue weighted by atomic mass is 9.89. The summed E-state index contributed by atoms with van der Waals surface area (Å²) >= 11 is 0. The number of aryl methyl sites for hydroxylation is 2. The summed E-state index contributed by atoms with van der Waals surface area (Å²) in [5.41, 5.74) is 12.4. The van der Waals surface area contributed by atoms with E-state index in [1.54, 1.807) is 12.1 Å². The minimum Gasteiger partial charge on any atom is -0.491 e. The van der Waals surface area contributed by atoms with Crippen molar-refractivity contribution in [2.45, 2.75) is 38.3 Å². The van der Waals surface area contributed by atoms with Crippen molar-refractivity contribution >= 4 is 22.0 Å². The highest BCUT2D eigenvalue weighted by Crippen LogP contribution is 2.25. The third-order valence-electron chi connectivity index (χ3n) is 5.09. The number of aliphatic hydroxyl groups excluding tert-OH is 2. The van der Waals surface area contributed by atoms with E-state index in [2.05, 4.69) is 0 Å². The number of amides is 1. The zero-order valence-corrected chi connectivity index (χ0v) is 17.5. The molecule has 1 aromatic rings. The van der Waals surface area contributed by atoms with Gasteiger partial charge in [0.25, 0.3) is 0 Å². The van der Waals surface area contributed by atoms with Crippen LogP contribution in [0.25, 0.3) is 6.08 Å². The van der Waals surface area contributed by atoms with Crippen LogP contribution in [-0.4, -0.2) is 66.8 Å². The molecule has 0 saturated carbocycles. The van der Waals surface area contributed by atoms with Crippen LogP contribution < -0.4 is 16.2 Å². The third-order valence-corrected chi connectivity index (χ3v) is 6.66. The first kappa shape index (κ1) is 23.3. The molecule has 0 spiro atoms. The van der Waals surface area contributed by atoms with Crippen molar-refractivity contribution in [2.24, 2.45) is 11.5 Å². The minimum atomic E-state index is -3.67. The number of carbonyl (C=O) groups excluding carboxylic acids is 1. The second-order valence-corrected chi connectivity index (χ2v) is 9.20. The van der Waals surface area contributed by atoms with Crippen LogP contribution in [0.5, 0.6) is 5.75 Å². The standard InChI is InChI=1S/C19H29N3O6S/c1-13-9-16(28-12-15(24)11-23)10-14(2)17(13)3-8-29(26,27)22-6-4-19(21,5-7-22)18(20)25/h3,8-10,15,23-24H,4-7,11-12,21H2,1-2H3,(H2,20,25)/b8-3+/t15-/m1/s1. The van der Waals surface area contributed by atoms with E-state index in [9.17, 15) is 18.3 Å². The van der Waals surface area contributed by atoms with Gasteiger partial charge in [-0.1, -0.05) is 0 Å². The lowest BCUT2D eigenvalue weighted by Crippen LogP contribution is -2.58. The van der Waals surface area contributed by atoms with Gasteiger partial charge < -0.3 is 26.4 Å². The lowest BCUT2D eigenvalue weighted by molar-refractivity contribution is -0.124. The molecule has 29 heavy (non-hydrogen) atoms. The van der Waals surface area contributed by atoms with E-state index in [-0.39, 0.29) is 32.5 Å². The molecule has 1 aliphatic heterocycles. The van der Waals surface area contributed by atoms with E-state index < -0.39 is 34.2 Å². The molecule has 1 heterocycles. The van der Waals surface area contributed by atoms with Gasteiger partial charge >= 0.3 is 0 Å². The summed E-state index contributed by atoms with van der Waals surface area (Å²) in [4.78, 5) is 11.4. The third kappa shape index (κ3) is 5.77. The van der Waals surface area contributed by atoms with Crippen LogP contribution in [0.1, 0.15) is 29.5 Å². The number of nitrogens with zero attached hydrogens (tertiary/aromatic N) is 1. The highest BCUT2D eigenvalue weighted by atomic mass is 32.2. The molecule has 1 saturated heterocycles. The first-order valence-corrected chi connectivity index (χ1v) is 10.8. The van der Waals surface area contributed by atoms with Crippen molar-refractivity contribution in [1.29, 1.82) is 0 Å². The molecule has 1 fully saturated rings. The van der Waals surface area contributed by atoms with Crippen molar-refractivity contribution in [3.63, 3.8) is 0 Å². The zero-order valence-electron chi connectivity index (χ0n) is 16.7. The second-order valence-electron chi connectivity index (χ2n) is 7.39. The van der Waals surface area contributed by atoms with E-state index in [0.29, 0.717) is 5.75 Å². The molecule has 0 aliphatic carbocycles. The summed E-state index contributed by atoms with van der Waals surface area (Å²) in [6.45, 7) is 3.48. The number of piperidine rings is 1. The molecule has 162 valence electrons. The monoisotopic (exact) mass is 427 g/mol. The molecule has 0 radical (unpaired) electrons. The molecule has 1 amide bonds. The Morgan fingerprint density at radius 1 is 1.31 bits per heavy atom. The number of aliphatic hydroxyl groups is 2. The van der Waals surface area contributed by atoms with E-state index in [4.69, 9.17) is 21.3 Å². The van der Waals surface area contributed by atoms with Gasteiger partial charge in [0.2, 0.25) is 15.9 Å². The number of rotatable bonds is 8. The Morgan fingerprint density at radius 3 is 2.34 bits per heavy atom. The summed E-state index contributed by atoms with van der Waals surface area (Å²) in [6.07, 6.45) is 0.926. The molecule has 0 aromatic heterocycles. The number of hydrogen-bond donors (Lipinski definition) is 4. The van der Waals surface area contributed by atoms with E-state index in [1.165, 1.54) is 10.4 Å². The van der Waals surface area contributed by atoms with Crippen molar-refractivity contribution in [3.05, 3.63) is 34.2 Å². The van der Waals surface area contributed by atoms with Gasteiger partial charge in [0.15, 0.2) is 0 Å². The number of hydrogen-bond acceptors (Lipinski definition) is 7. The molecule has 1 aromatic carbocycles. The van der Waals surface area contributed by atoms with E-state index in [1.807, 2.05) is 13.8 Å². The van der Waals surface area contributed by atoms with Crippen LogP contribution in [-0.2, 0) is 14.8 Å². The highest BCUT2D eigenvalue weighted by Gasteiger charge is 2.38. The van der Waals surface area contributed by atoms with Crippen LogP contribution in [0.3, 0.4) is 0 Å². The summed E-state index contributed by atoms with van der Waals surface area (Å²) in [5.74, 6) is -0.0977. The minimum absolute atomic E-state index is 0.0398. The molecule has 2 rings (SSSR count). The topological polar surface area (TPSA) is 156 Å². The average Bonchev–Trinajstić information content (AvgIpc) is 2.65. The zero-order chi connectivity index (χ0) is 21.8. The number of benzene rings is 1. The molecule has 10 heteroatoms. The molecule has 0 unspecified atom stereocenters. The molecular formula is C19H29N3O6S. The van der Waals surface area contributed by atoms with Crippen molar-refractivity contribution in [2.75, 3.05) is 26.3 Å². The normalized spacial score (nSPS) is 18.7. The number of carbonyl (C=O) groups is 1. The summed E-state index contributed by atoms with van der Waals surface area (Å²) in [7, 11) is -3.67. The highest BCUT2D eigenvalue weighted by molar-refractivity contribution is 7.92. The first-order chi connectivity index (χ1) is 13.5. The first-order valence-electron chi connectivity index (χ1n) is 9.28. The van der Waals surface area contributed by atoms with Crippen LogP contribution in [0.15, 0.2) is 17.5 Å². The maximum atomic E-state index is 12.6. The van der Waals surface area contributed by atoms with Crippen molar-refractivity contribution < 1.29 is 28.2 Å². The SMILES string of the molecule is Cc1cc(OC[C@H](O)CO)cc(C)c1/C=C/S(=O)(=O)N1CCC(N)(C(N)=O)CC1. The number of ether oxygens (including phenoxy) is 1. The quantitative estimate of drug-likeness (QED) is 0.440. The molecule has 9 nitrogen and oxygen atoms in total. The predicted molar refractivity (Wildman–Crippen MR) is 109 cm³/mol. The Labute approximate surface area is 171 Å². The van der Waals surface area contributed by atoms with Crippen LogP contribution >= 0.6 is 0 Å². The summed E-state index contributed by atoms with van der Waals surface area (Å²) in [5, 5.41) is 19.4. The molecule has 1 atom stereocenters.